The zero-order valence-electron chi connectivity index (χ0n) is 4.59. The van der Waals surface area contributed by atoms with E-state index in [1.54, 1.807) is 0 Å². The smallest absolute Gasteiger partial charge is 1.00 e. The van der Waals surface area contributed by atoms with E-state index in [4.69, 9.17) is 0 Å². The summed E-state index contributed by atoms with van der Waals surface area (Å²) in [6.07, 6.45) is 0. The predicted molar refractivity (Wildman–Crippen MR) is 31.1 cm³/mol. The molecule has 9 heavy (non-hydrogen) atoms. The maximum absolute atomic E-state index is 0. The molecule has 0 heterocycles. The van der Waals surface area contributed by atoms with Gasteiger partial charge >= 0.3 is 37.7 Å². The monoisotopic (exact) mass is 201 g/mol. The van der Waals surface area contributed by atoms with Gasteiger partial charge in [-0.3, -0.25) is 0 Å². The zero-order valence-corrected chi connectivity index (χ0v) is 7.55. The fourth-order valence-electron chi connectivity index (χ4n) is 0. The average Bonchev–Trinajstić information content (AvgIpc) is 0. The third kappa shape index (κ3) is 304. The van der Waals surface area contributed by atoms with Crippen LogP contribution in [0.3, 0.4) is 0 Å². The molecule has 14 N–H and O–H groups in total. The molecule has 0 radical (unpaired) electrons. The van der Waals surface area contributed by atoms with Crippen molar-refractivity contribution < 1.29 is 50.7 Å². The third-order valence-electron chi connectivity index (χ3n) is 0. The number of halogens is 1. The summed E-state index contributed by atoms with van der Waals surface area (Å²) in [6.45, 7) is 0. The van der Waals surface area contributed by atoms with E-state index in [0.717, 1.165) is 0 Å². The summed E-state index contributed by atoms with van der Waals surface area (Å²) in [7, 11) is 0. The molecule has 0 atom stereocenters. The molecule has 0 saturated carbocycles. The van der Waals surface area contributed by atoms with Crippen LogP contribution in [0.1, 0.15) is 0 Å². The van der Waals surface area contributed by atoms with Crippen molar-refractivity contribution >= 4 is 37.7 Å². The van der Waals surface area contributed by atoms with E-state index >= 15 is 0 Å². The van der Waals surface area contributed by atoms with E-state index in [-0.39, 0.29) is 88.5 Å². The Hall–Kier alpha value is 1.27. The maximum Gasteiger partial charge on any atom is 2.00 e. The first-order valence-corrected chi connectivity index (χ1v) is 0. The summed E-state index contributed by atoms with van der Waals surface area (Å²) in [6, 6.07) is 0. The maximum atomic E-state index is 0. The van der Waals surface area contributed by atoms with Crippen molar-refractivity contribution in [1.29, 1.82) is 0 Å². The van der Waals surface area contributed by atoms with E-state index in [0.29, 0.717) is 0 Å². The van der Waals surface area contributed by atoms with Crippen LogP contribution in [0.4, 0.5) is 0 Å². The molecule has 0 spiro atoms. The summed E-state index contributed by atoms with van der Waals surface area (Å²) in [4.78, 5) is 0. The minimum Gasteiger partial charge on any atom is -1.00 e. The van der Waals surface area contributed by atoms with Gasteiger partial charge in [-0.25, -0.2) is 0 Å². The minimum atomic E-state index is 0. The molecule has 0 amide bonds. The molecular formula is H14CaClO7+. The third-order valence-corrected chi connectivity index (χ3v) is 0. The van der Waals surface area contributed by atoms with Crippen molar-refractivity contribution in [2.24, 2.45) is 0 Å². The van der Waals surface area contributed by atoms with Gasteiger partial charge in [0.15, 0.2) is 0 Å². The first-order chi connectivity index (χ1) is 0. The topological polar surface area (TPSA) is 220 Å². The van der Waals surface area contributed by atoms with Crippen molar-refractivity contribution in [3.8, 4) is 0 Å². The van der Waals surface area contributed by atoms with Gasteiger partial charge in [-0.05, 0) is 0 Å². The van der Waals surface area contributed by atoms with E-state index < -0.39 is 0 Å². The van der Waals surface area contributed by atoms with E-state index in [1.165, 1.54) is 0 Å². The van der Waals surface area contributed by atoms with Crippen LogP contribution in [0.5, 0.6) is 0 Å². The van der Waals surface area contributed by atoms with Crippen LogP contribution in [0.15, 0.2) is 0 Å². The summed E-state index contributed by atoms with van der Waals surface area (Å²) in [5.41, 5.74) is 0. The molecule has 0 saturated heterocycles. The molecule has 0 rings (SSSR count). The largest absolute Gasteiger partial charge is 2.00 e. The van der Waals surface area contributed by atoms with Crippen LogP contribution in [0.2, 0.25) is 0 Å². The summed E-state index contributed by atoms with van der Waals surface area (Å²) in [5, 5.41) is 0. The molecule has 0 aliphatic heterocycles. The van der Waals surface area contributed by atoms with Gasteiger partial charge in [0.2, 0.25) is 0 Å². The van der Waals surface area contributed by atoms with Crippen LogP contribution < -0.4 is 12.4 Å². The Morgan fingerprint density at radius 2 is 0.333 bits per heavy atom. The molecule has 0 aliphatic rings. The van der Waals surface area contributed by atoms with Gasteiger partial charge in [0.25, 0.3) is 0 Å². The summed E-state index contributed by atoms with van der Waals surface area (Å²) < 4.78 is 0. The van der Waals surface area contributed by atoms with Gasteiger partial charge in [0, 0.05) is 0 Å². The molecule has 0 bridgehead atoms. The summed E-state index contributed by atoms with van der Waals surface area (Å²) >= 11 is 0. The normalized spacial score (nSPS) is 0. The Morgan fingerprint density at radius 1 is 0.333 bits per heavy atom. The second-order valence-corrected chi connectivity index (χ2v) is 0. The number of hydrogen-bond acceptors (Lipinski definition) is 0. The van der Waals surface area contributed by atoms with Crippen LogP contribution >= 0.6 is 0 Å². The van der Waals surface area contributed by atoms with Crippen molar-refractivity contribution in [2.45, 2.75) is 0 Å². The first-order valence-electron chi connectivity index (χ1n) is 0. The molecule has 64 valence electrons. The molecule has 0 aromatic heterocycles. The van der Waals surface area contributed by atoms with E-state index in [9.17, 15) is 0 Å². The van der Waals surface area contributed by atoms with E-state index in [1.807, 2.05) is 0 Å². The van der Waals surface area contributed by atoms with Gasteiger partial charge in [0.1, 0.15) is 0 Å². The van der Waals surface area contributed by atoms with Gasteiger partial charge < -0.3 is 50.7 Å². The quantitative estimate of drug-likeness (QED) is 0.333. The van der Waals surface area contributed by atoms with Gasteiger partial charge in [-0.15, -0.1) is 0 Å². The standard InChI is InChI=1S/Ca.ClH.7H2O/h;1H;7*1H2/q+2;;;;;;;;/p-1. The molecule has 0 fully saturated rings. The SMILES string of the molecule is O.O.O.O.O.O.O.[Ca+2].[Cl-]. The molecular weight excluding hydrogens is 188 g/mol. The molecule has 0 unspecified atom stereocenters. The Morgan fingerprint density at radius 3 is 0.333 bits per heavy atom. The molecule has 0 aromatic rings. The van der Waals surface area contributed by atoms with Gasteiger partial charge in [-0.2, -0.15) is 0 Å². The fraction of sp³-hybridized carbons (Fsp3) is 0. The number of rotatable bonds is 0. The second-order valence-electron chi connectivity index (χ2n) is 0. The van der Waals surface area contributed by atoms with Gasteiger partial charge in [-0.1, -0.05) is 0 Å². The summed E-state index contributed by atoms with van der Waals surface area (Å²) in [5.74, 6) is 0. The Labute approximate surface area is 88.0 Å². The predicted octanol–water partition coefficient (Wildman–Crippen LogP) is -9.15. The fourth-order valence-corrected chi connectivity index (χ4v) is 0. The molecule has 7 nitrogen and oxygen atoms in total. The molecule has 0 aliphatic carbocycles. The van der Waals surface area contributed by atoms with Crippen molar-refractivity contribution in [3.05, 3.63) is 0 Å². The van der Waals surface area contributed by atoms with Crippen LogP contribution in [0, 0.1) is 0 Å². The second kappa shape index (κ2) is 393. The van der Waals surface area contributed by atoms with E-state index in [2.05, 4.69) is 0 Å². The average molecular weight is 202 g/mol. The Bertz CT molecular complexity index is 8.88. The Kier molecular flexibility index (Phi) is 23900. The zero-order chi connectivity index (χ0) is 0. The molecule has 9 heteroatoms. The van der Waals surface area contributed by atoms with Crippen LogP contribution in [-0.2, 0) is 0 Å². The number of hydrogen-bond donors (Lipinski definition) is 0. The minimum absolute atomic E-state index is 0. The first kappa shape index (κ1) is 547. The van der Waals surface area contributed by atoms with Gasteiger partial charge in [0.05, 0.1) is 0 Å². The molecule has 0 aromatic carbocycles. The Balaban J connectivity index is 0. The van der Waals surface area contributed by atoms with Crippen LogP contribution in [-0.4, -0.2) is 76.1 Å². The van der Waals surface area contributed by atoms with Crippen molar-refractivity contribution in [3.63, 3.8) is 0 Å². The van der Waals surface area contributed by atoms with Crippen molar-refractivity contribution in [1.82, 2.24) is 0 Å². The van der Waals surface area contributed by atoms with Crippen molar-refractivity contribution in [2.75, 3.05) is 0 Å². The van der Waals surface area contributed by atoms with Crippen LogP contribution in [0.25, 0.3) is 0 Å².